The molecule has 168 valence electrons. The van der Waals surface area contributed by atoms with E-state index < -0.39 is 5.97 Å². The van der Waals surface area contributed by atoms with Crippen molar-refractivity contribution in [3.05, 3.63) is 51.9 Å². The molecule has 0 fully saturated rings. The van der Waals surface area contributed by atoms with Crippen molar-refractivity contribution < 1.29 is 28.5 Å². The van der Waals surface area contributed by atoms with Crippen LogP contribution in [0, 0.1) is 0 Å². The summed E-state index contributed by atoms with van der Waals surface area (Å²) in [6.45, 7) is 4.67. The van der Waals surface area contributed by atoms with E-state index in [9.17, 15) is 9.90 Å². The number of carboxylic acid groups (broad SMARTS) is 1. The van der Waals surface area contributed by atoms with E-state index in [1.165, 1.54) is 13.2 Å². The van der Waals surface area contributed by atoms with Crippen molar-refractivity contribution in [2.75, 3.05) is 20.3 Å². The van der Waals surface area contributed by atoms with Gasteiger partial charge in [-0.05, 0) is 67.6 Å². The number of thioether (sulfide) groups is 1. The third-order valence-electron chi connectivity index (χ3n) is 4.07. The van der Waals surface area contributed by atoms with Gasteiger partial charge in [0.15, 0.2) is 11.5 Å². The predicted octanol–water partition coefficient (Wildman–Crippen LogP) is 5.41. The molecule has 0 aliphatic carbocycles. The normalized spacial score (nSPS) is 11.3. The highest BCUT2D eigenvalue weighted by molar-refractivity contribution is 8.03. The maximum atomic E-state index is 11.8. The van der Waals surface area contributed by atoms with Crippen molar-refractivity contribution in [1.29, 1.82) is 0 Å². The first-order valence-electron chi connectivity index (χ1n) is 9.65. The molecule has 8 nitrogen and oxygen atoms in total. The molecule has 0 amide bonds. The van der Waals surface area contributed by atoms with Crippen LogP contribution in [0.4, 0.5) is 0 Å². The number of benzene rings is 2. The molecule has 0 radical (unpaired) electrons. The molecule has 0 aliphatic rings. The van der Waals surface area contributed by atoms with Gasteiger partial charge in [-0.3, -0.25) is 0 Å². The maximum Gasteiger partial charge on any atom is 0.342 e. The van der Waals surface area contributed by atoms with Crippen molar-refractivity contribution in [3.63, 3.8) is 0 Å². The van der Waals surface area contributed by atoms with Crippen molar-refractivity contribution in [3.8, 4) is 28.7 Å². The van der Waals surface area contributed by atoms with Gasteiger partial charge in [-0.2, -0.15) is 0 Å². The molecule has 0 aliphatic heterocycles. The van der Waals surface area contributed by atoms with E-state index in [2.05, 4.69) is 10.2 Å². The number of rotatable bonds is 10. The highest BCUT2D eigenvalue weighted by atomic mass is 35.5. The predicted molar refractivity (Wildman–Crippen MR) is 122 cm³/mol. The SMILES string of the molecule is CCOc1ccc(/C=C(\Sc2nnc(-c3cc(Cl)ccc3OC)o2)C(=O)O)cc1OCC. The molecule has 3 aromatic rings. The van der Waals surface area contributed by atoms with Gasteiger partial charge >= 0.3 is 5.97 Å². The van der Waals surface area contributed by atoms with Crippen LogP contribution in [-0.2, 0) is 4.79 Å². The van der Waals surface area contributed by atoms with Crippen LogP contribution >= 0.6 is 23.4 Å². The third-order valence-corrected chi connectivity index (χ3v) is 5.16. The van der Waals surface area contributed by atoms with Crippen LogP contribution in [0.5, 0.6) is 17.2 Å². The Bertz CT molecular complexity index is 1130. The Hall–Kier alpha value is -3.17. The van der Waals surface area contributed by atoms with Crippen LogP contribution in [0.1, 0.15) is 19.4 Å². The number of carbonyl (C=O) groups is 1. The summed E-state index contributed by atoms with van der Waals surface area (Å²) in [4.78, 5) is 11.8. The minimum atomic E-state index is -1.14. The van der Waals surface area contributed by atoms with Gasteiger partial charge in [-0.15, -0.1) is 10.2 Å². The highest BCUT2D eigenvalue weighted by Gasteiger charge is 2.18. The number of carboxylic acids is 1. The summed E-state index contributed by atoms with van der Waals surface area (Å²) in [5.74, 6) is 0.652. The Labute approximate surface area is 194 Å². The van der Waals surface area contributed by atoms with Crippen molar-refractivity contribution >= 4 is 35.4 Å². The molecule has 1 N–H and O–H groups in total. The van der Waals surface area contributed by atoms with Gasteiger partial charge < -0.3 is 23.7 Å². The molecule has 0 saturated carbocycles. The van der Waals surface area contributed by atoms with Gasteiger partial charge in [0.2, 0.25) is 0 Å². The van der Waals surface area contributed by atoms with E-state index >= 15 is 0 Å². The zero-order chi connectivity index (χ0) is 23.1. The lowest BCUT2D eigenvalue weighted by atomic mass is 10.2. The smallest absolute Gasteiger partial charge is 0.342 e. The Morgan fingerprint density at radius 2 is 1.81 bits per heavy atom. The second kappa shape index (κ2) is 10.9. The molecule has 0 spiro atoms. The van der Waals surface area contributed by atoms with Crippen LogP contribution in [0.3, 0.4) is 0 Å². The maximum absolute atomic E-state index is 11.8. The molecular formula is C22H21ClN2O6S. The first-order valence-corrected chi connectivity index (χ1v) is 10.8. The van der Waals surface area contributed by atoms with E-state index in [4.69, 9.17) is 30.2 Å². The fraction of sp³-hybridized carbons (Fsp3) is 0.227. The van der Waals surface area contributed by atoms with Crippen LogP contribution in [-0.4, -0.2) is 41.6 Å². The summed E-state index contributed by atoms with van der Waals surface area (Å²) in [6, 6.07) is 10.2. The second-order valence-electron chi connectivity index (χ2n) is 6.21. The lowest BCUT2D eigenvalue weighted by Gasteiger charge is -2.11. The number of aliphatic carboxylic acids is 1. The standard InChI is InChI=1S/C22H21ClN2O6S/c1-4-29-17-8-6-13(10-18(17)30-5-2)11-19(21(26)27)32-22-25-24-20(31-22)15-12-14(23)7-9-16(15)28-3/h6-12H,4-5H2,1-3H3,(H,26,27)/b19-11-. The largest absolute Gasteiger partial charge is 0.496 e. The lowest BCUT2D eigenvalue weighted by molar-refractivity contribution is -0.131. The molecule has 0 atom stereocenters. The first-order chi connectivity index (χ1) is 15.4. The van der Waals surface area contributed by atoms with E-state index in [-0.39, 0.29) is 16.0 Å². The van der Waals surface area contributed by atoms with Gasteiger partial charge in [0.25, 0.3) is 11.1 Å². The van der Waals surface area contributed by atoms with Gasteiger partial charge in [0.05, 0.1) is 25.9 Å². The minimum Gasteiger partial charge on any atom is -0.496 e. The van der Waals surface area contributed by atoms with E-state index in [1.54, 1.807) is 36.4 Å². The summed E-state index contributed by atoms with van der Waals surface area (Å²) in [6.07, 6.45) is 1.50. The van der Waals surface area contributed by atoms with Crippen molar-refractivity contribution in [1.82, 2.24) is 10.2 Å². The van der Waals surface area contributed by atoms with E-state index in [0.29, 0.717) is 46.6 Å². The van der Waals surface area contributed by atoms with Crippen molar-refractivity contribution in [2.45, 2.75) is 19.1 Å². The summed E-state index contributed by atoms with van der Waals surface area (Å²) in [5, 5.41) is 18.2. The van der Waals surface area contributed by atoms with E-state index in [1.807, 2.05) is 13.8 Å². The summed E-state index contributed by atoms with van der Waals surface area (Å²) >= 11 is 6.89. The lowest BCUT2D eigenvalue weighted by Crippen LogP contribution is -1.99. The molecule has 0 unspecified atom stereocenters. The summed E-state index contributed by atoms with van der Waals surface area (Å²) < 4.78 is 22.1. The Kier molecular flexibility index (Phi) is 8.02. The topological polar surface area (TPSA) is 104 Å². The average molecular weight is 477 g/mol. The van der Waals surface area contributed by atoms with Gasteiger partial charge in [-0.1, -0.05) is 17.7 Å². The van der Waals surface area contributed by atoms with E-state index in [0.717, 1.165) is 11.8 Å². The third kappa shape index (κ3) is 5.74. The van der Waals surface area contributed by atoms with Crippen LogP contribution in [0.25, 0.3) is 17.5 Å². The molecule has 2 aromatic carbocycles. The van der Waals surface area contributed by atoms with Crippen LogP contribution < -0.4 is 14.2 Å². The average Bonchev–Trinajstić information content (AvgIpc) is 3.23. The number of halogens is 1. The Morgan fingerprint density at radius 1 is 1.09 bits per heavy atom. The monoisotopic (exact) mass is 476 g/mol. The Balaban J connectivity index is 1.89. The minimum absolute atomic E-state index is 0.00938. The number of hydrogen-bond acceptors (Lipinski definition) is 8. The first kappa shape index (κ1) is 23.5. The molecule has 3 rings (SSSR count). The molecule has 0 saturated heterocycles. The fourth-order valence-electron chi connectivity index (χ4n) is 2.74. The fourth-order valence-corrected chi connectivity index (χ4v) is 3.59. The second-order valence-corrected chi connectivity index (χ2v) is 7.64. The van der Waals surface area contributed by atoms with Gasteiger partial charge in [0.1, 0.15) is 10.7 Å². The Morgan fingerprint density at radius 3 is 2.50 bits per heavy atom. The number of nitrogens with zero attached hydrogens (tertiary/aromatic N) is 2. The molecule has 32 heavy (non-hydrogen) atoms. The van der Waals surface area contributed by atoms with Gasteiger partial charge in [-0.25, -0.2) is 4.79 Å². The van der Waals surface area contributed by atoms with Crippen LogP contribution in [0.15, 0.2) is 50.9 Å². The van der Waals surface area contributed by atoms with Crippen LogP contribution in [0.2, 0.25) is 5.02 Å². The highest BCUT2D eigenvalue weighted by Crippen LogP contribution is 2.36. The number of methoxy groups -OCH3 is 1. The molecular weight excluding hydrogens is 456 g/mol. The summed E-state index contributed by atoms with van der Waals surface area (Å²) in [7, 11) is 1.51. The zero-order valence-electron chi connectivity index (χ0n) is 17.6. The zero-order valence-corrected chi connectivity index (χ0v) is 19.2. The number of ether oxygens (including phenoxy) is 3. The number of aromatic nitrogens is 2. The van der Waals surface area contributed by atoms with Gasteiger partial charge in [0, 0.05) is 5.02 Å². The van der Waals surface area contributed by atoms with Crippen molar-refractivity contribution in [2.24, 2.45) is 0 Å². The molecule has 0 bridgehead atoms. The quantitative estimate of drug-likeness (QED) is 0.303. The summed E-state index contributed by atoms with van der Waals surface area (Å²) in [5.41, 5.74) is 1.13. The number of hydrogen-bond donors (Lipinski definition) is 1. The molecule has 10 heteroatoms. The molecule has 1 aromatic heterocycles. The molecule has 1 heterocycles.